The molecule has 2 fully saturated rings. The van der Waals surface area contributed by atoms with Gasteiger partial charge in [-0.15, -0.1) is 6.58 Å². The molecule has 1 spiro atoms. The van der Waals surface area contributed by atoms with E-state index in [-0.39, 0.29) is 0 Å². The van der Waals surface area contributed by atoms with Crippen molar-refractivity contribution in [1.29, 1.82) is 0 Å². The molecule has 0 radical (unpaired) electrons. The van der Waals surface area contributed by atoms with Crippen LogP contribution < -0.4 is 0 Å². The fourth-order valence-electron chi connectivity index (χ4n) is 4.49. The van der Waals surface area contributed by atoms with Crippen LogP contribution in [0.15, 0.2) is 67.4 Å². The van der Waals surface area contributed by atoms with Gasteiger partial charge >= 0.3 is 0 Å². The van der Waals surface area contributed by atoms with Gasteiger partial charge < -0.3 is 0 Å². The minimum absolute atomic E-state index is 0.727. The zero-order chi connectivity index (χ0) is 27.4. The van der Waals surface area contributed by atoms with Crippen molar-refractivity contribution in [2.75, 3.05) is 13.1 Å². The van der Waals surface area contributed by atoms with E-state index < -0.39 is 0 Å². The summed E-state index contributed by atoms with van der Waals surface area (Å²) in [6.45, 7) is 21.0. The van der Waals surface area contributed by atoms with Gasteiger partial charge in [-0.25, -0.2) is 0 Å². The molecule has 2 heterocycles. The molecule has 3 heteroatoms. The van der Waals surface area contributed by atoms with Gasteiger partial charge in [0.05, 0.1) is 0 Å². The van der Waals surface area contributed by atoms with Crippen LogP contribution in [-0.2, 0) is 6.54 Å². The number of aromatic nitrogens is 1. The lowest BCUT2D eigenvalue weighted by Crippen LogP contribution is -2.34. The van der Waals surface area contributed by atoms with E-state index in [1.165, 1.54) is 66.6 Å². The maximum atomic E-state index is 6.44. The van der Waals surface area contributed by atoms with Crippen molar-refractivity contribution in [3.05, 3.63) is 100 Å². The summed E-state index contributed by atoms with van der Waals surface area (Å²) in [4.78, 5) is 7.07. The van der Waals surface area contributed by atoms with Gasteiger partial charge in [-0.2, -0.15) is 0 Å². The zero-order valence-electron chi connectivity index (χ0n) is 24.2. The van der Waals surface area contributed by atoms with Gasteiger partial charge in [-0.1, -0.05) is 73.0 Å². The van der Waals surface area contributed by atoms with E-state index in [2.05, 4.69) is 85.8 Å². The van der Waals surface area contributed by atoms with Crippen LogP contribution in [0, 0.1) is 33.1 Å². The minimum Gasteiger partial charge on any atom is -0.299 e. The first-order valence-corrected chi connectivity index (χ1v) is 14.2. The zero-order valence-corrected chi connectivity index (χ0v) is 25.0. The number of nitrogens with zero attached hydrogens (tertiary/aromatic N) is 2. The molecule has 0 atom stereocenters. The third-order valence-corrected chi connectivity index (χ3v) is 7.50. The molecule has 3 aromatic rings. The van der Waals surface area contributed by atoms with E-state index in [9.17, 15) is 0 Å². The van der Waals surface area contributed by atoms with Crippen molar-refractivity contribution in [2.24, 2.45) is 5.41 Å². The van der Waals surface area contributed by atoms with Crippen LogP contribution in [0.25, 0.3) is 11.1 Å². The molecule has 1 saturated heterocycles. The molecule has 2 aromatic carbocycles. The molecular formula is C34H47ClN2. The number of piperidine rings is 1. The van der Waals surface area contributed by atoms with Gasteiger partial charge in [0.15, 0.2) is 0 Å². The average molecular weight is 519 g/mol. The Morgan fingerprint density at radius 3 is 1.89 bits per heavy atom. The predicted octanol–water partition coefficient (Wildman–Crippen LogP) is 9.92. The summed E-state index contributed by atoms with van der Waals surface area (Å²) in [5.41, 5.74) is 9.35. The van der Waals surface area contributed by atoms with Gasteiger partial charge in [-0.3, -0.25) is 9.88 Å². The summed E-state index contributed by atoms with van der Waals surface area (Å²) in [6.07, 6.45) is 9.38. The van der Waals surface area contributed by atoms with Gasteiger partial charge in [-0.05, 0) is 114 Å². The van der Waals surface area contributed by atoms with Crippen LogP contribution in [0.5, 0.6) is 0 Å². The Balaban J connectivity index is 0.000000309. The Bertz CT molecular complexity index is 1060. The van der Waals surface area contributed by atoms with Crippen molar-refractivity contribution in [2.45, 2.75) is 80.7 Å². The molecule has 1 aliphatic heterocycles. The number of pyridine rings is 1. The average Bonchev–Trinajstić information content (AvgIpc) is 3.66. The summed E-state index contributed by atoms with van der Waals surface area (Å²) in [5.74, 6) is 0. The van der Waals surface area contributed by atoms with E-state index in [0.29, 0.717) is 0 Å². The molecule has 2 aliphatic rings. The summed E-state index contributed by atoms with van der Waals surface area (Å²) >= 11 is 6.44. The van der Waals surface area contributed by atoms with Crippen molar-refractivity contribution in [1.82, 2.24) is 9.88 Å². The van der Waals surface area contributed by atoms with E-state index >= 15 is 0 Å². The largest absolute Gasteiger partial charge is 0.299 e. The van der Waals surface area contributed by atoms with Gasteiger partial charge in [0.2, 0.25) is 0 Å². The van der Waals surface area contributed by atoms with Crippen LogP contribution in [0.4, 0.5) is 0 Å². The van der Waals surface area contributed by atoms with E-state index in [4.69, 9.17) is 11.6 Å². The molecule has 0 N–H and O–H groups in total. The fourth-order valence-corrected chi connectivity index (χ4v) is 4.68. The molecule has 1 aliphatic carbocycles. The normalized spacial score (nSPS) is 15.2. The topological polar surface area (TPSA) is 16.1 Å². The molecule has 5 rings (SSSR count). The second-order valence-electron chi connectivity index (χ2n) is 10.3. The number of hydrogen-bond acceptors (Lipinski definition) is 2. The van der Waals surface area contributed by atoms with Gasteiger partial charge in [0.25, 0.3) is 0 Å². The predicted molar refractivity (Wildman–Crippen MR) is 163 cm³/mol. The van der Waals surface area contributed by atoms with Crippen molar-refractivity contribution >= 4 is 11.6 Å². The maximum absolute atomic E-state index is 6.44. The fraction of sp³-hybridized carbons (Fsp3) is 0.441. The highest BCUT2D eigenvalue weighted by atomic mass is 35.5. The first-order valence-electron chi connectivity index (χ1n) is 13.8. The Morgan fingerprint density at radius 2 is 1.43 bits per heavy atom. The third kappa shape index (κ3) is 9.76. The van der Waals surface area contributed by atoms with Crippen molar-refractivity contribution in [3.63, 3.8) is 0 Å². The number of halogens is 1. The minimum atomic E-state index is 0.727. The van der Waals surface area contributed by atoms with Crippen LogP contribution in [0.1, 0.15) is 74.4 Å². The summed E-state index contributed by atoms with van der Waals surface area (Å²) < 4.78 is 0. The highest BCUT2D eigenvalue weighted by Crippen LogP contribution is 2.53. The lowest BCUT2D eigenvalue weighted by molar-refractivity contribution is 0.166. The molecule has 0 unspecified atom stereocenters. The summed E-state index contributed by atoms with van der Waals surface area (Å²) in [7, 11) is 0. The van der Waals surface area contributed by atoms with Crippen LogP contribution in [0.2, 0.25) is 5.02 Å². The molecule has 37 heavy (non-hydrogen) atoms. The van der Waals surface area contributed by atoms with Crippen LogP contribution in [-0.4, -0.2) is 23.0 Å². The van der Waals surface area contributed by atoms with Gasteiger partial charge in [0.1, 0.15) is 0 Å². The smallest absolute Gasteiger partial charge is 0.0438 e. The van der Waals surface area contributed by atoms with Crippen molar-refractivity contribution in [3.8, 4) is 11.1 Å². The van der Waals surface area contributed by atoms with E-state index in [1.807, 2.05) is 33.9 Å². The van der Waals surface area contributed by atoms with E-state index in [0.717, 1.165) is 28.2 Å². The maximum Gasteiger partial charge on any atom is 0.0438 e. The molecule has 0 bridgehead atoms. The molecule has 0 amide bonds. The highest BCUT2D eigenvalue weighted by molar-refractivity contribution is 6.31. The molecule has 2 nitrogen and oxygen atoms in total. The standard InChI is InChI=1S/C21H25ClN2.C8H10.C3H6.C2H6/c1-15-11-19(17-4-3-16(2)23-13-17)18(12-20(15)22)14-24-9-7-21(5-6-21)8-10-24;1-7-3-5-8(2)6-4-7;1-3-2;1-2/h3-4,11-13H,5-10,14H2,1-2H3;3-6H,1-2H3;3H,1H2,2H3;1-2H3. The monoisotopic (exact) mass is 518 g/mol. The number of rotatable bonds is 3. The second-order valence-corrected chi connectivity index (χ2v) is 10.7. The Hall–Kier alpha value is -2.42. The highest BCUT2D eigenvalue weighted by Gasteiger charge is 2.44. The third-order valence-electron chi connectivity index (χ3n) is 7.09. The molecular weight excluding hydrogens is 472 g/mol. The number of aryl methyl sites for hydroxylation is 4. The second kappa shape index (κ2) is 15.1. The summed E-state index contributed by atoms with van der Waals surface area (Å²) in [5, 5.41) is 0.865. The first kappa shape index (κ1) is 30.8. The lowest BCUT2D eigenvalue weighted by Gasteiger charge is -2.32. The molecule has 200 valence electrons. The van der Waals surface area contributed by atoms with Crippen LogP contribution in [0.3, 0.4) is 0 Å². The number of likely N-dealkylation sites (tertiary alicyclic amines) is 1. The molecule has 1 aromatic heterocycles. The van der Waals surface area contributed by atoms with E-state index in [1.54, 1.807) is 6.08 Å². The van der Waals surface area contributed by atoms with Gasteiger partial charge in [0, 0.05) is 29.0 Å². The Kier molecular flexibility index (Phi) is 12.6. The number of benzene rings is 2. The molecule has 1 saturated carbocycles. The van der Waals surface area contributed by atoms with Crippen molar-refractivity contribution < 1.29 is 0 Å². The number of allylic oxidation sites excluding steroid dienone is 1. The van der Waals surface area contributed by atoms with Crippen LogP contribution >= 0.6 is 11.6 Å². The summed E-state index contributed by atoms with van der Waals surface area (Å²) in [6, 6.07) is 17.1. The SMILES string of the molecule is C=CC.CC.Cc1ccc(-c2cc(C)c(Cl)cc2CN2CCC3(CC2)CC3)cn1.Cc1ccc(C)cc1. The number of hydrogen-bond donors (Lipinski definition) is 0. The Morgan fingerprint density at radius 1 is 0.892 bits per heavy atom. The lowest BCUT2D eigenvalue weighted by atomic mass is 9.92. The first-order chi connectivity index (χ1) is 17.7. The Labute approximate surface area is 231 Å². The quantitative estimate of drug-likeness (QED) is 0.320.